The van der Waals surface area contributed by atoms with Crippen LogP contribution in [-0.4, -0.2) is 42.5 Å². The van der Waals surface area contributed by atoms with Crippen molar-refractivity contribution in [2.24, 2.45) is 13.0 Å². The smallest absolute Gasteiger partial charge is 0.254 e. The number of aromatic nitrogens is 6. The minimum atomic E-state index is 0.649. The lowest BCUT2D eigenvalue weighted by Crippen LogP contribution is -2.23. The molecule has 1 fully saturated rings. The van der Waals surface area contributed by atoms with Gasteiger partial charge in [-0.25, -0.2) is 4.98 Å². The number of nitrogens with zero attached hydrogens (tertiary/aromatic N) is 7. The summed E-state index contributed by atoms with van der Waals surface area (Å²) in [7, 11) is 1.96. The highest BCUT2D eigenvalue weighted by Gasteiger charge is 2.25. The Bertz CT molecular complexity index is 803. The summed E-state index contributed by atoms with van der Waals surface area (Å²) in [5.74, 6) is 2.41. The molecule has 1 aliphatic rings. The number of fused-ring (bicyclic) bond motifs is 1. The number of aryl methyl sites for hydroxylation is 2. The van der Waals surface area contributed by atoms with Crippen LogP contribution in [-0.2, 0) is 13.5 Å². The summed E-state index contributed by atoms with van der Waals surface area (Å²) < 4.78 is 3.70. The number of hydrogen-bond acceptors (Lipinski definition) is 5. The first kappa shape index (κ1) is 13.2. The van der Waals surface area contributed by atoms with Crippen LogP contribution in [0.2, 0.25) is 0 Å². The average Bonchev–Trinajstić information content (AvgIpc) is 3.19. The third-order valence-electron chi connectivity index (χ3n) is 4.25. The summed E-state index contributed by atoms with van der Waals surface area (Å²) in [4.78, 5) is 11.0. The molecule has 1 aliphatic heterocycles. The summed E-state index contributed by atoms with van der Waals surface area (Å²) in [5, 5.41) is 8.56. The molecular weight excluding hydrogens is 278 g/mol. The van der Waals surface area contributed by atoms with Crippen molar-refractivity contribution < 1.29 is 0 Å². The van der Waals surface area contributed by atoms with Crippen LogP contribution in [0, 0.1) is 12.8 Å². The van der Waals surface area contributed by atoms with Gasteiger partial charge in [0.25, 0.3) is 5.78 Å². The van der Waals surface area contributed by atoms with Gasteiger partial charge in [0.1, 0.15) is 12.1 Å². The second-order valence-corrected chi connectivity index (χ2v) is 6.05. The maximum absolute atomic E-state index is 4.41. The monoisotopic (exact) mass is 297 g/mol. The fourth-order valence-electron chi connectivity index (χ4n) is 3.25. The second-order valence-electron chi connectivity index (χ2n) is 6.05. The lowest BCUT2D eigenvalue weighted by atomic mass is 10.0. The van der Waals surface area contributed by atoms with Crippen LogP contribution < -0.4 is 4.90 Å². The van der Waals surface area contributed by atoms with Gasteiger partial charge in [0.2, 0.25) is 0 Å². The first-order chi connectivity index (χ1) is 10.7. The van der Waals surface area contributed by atoms with E-state index < -0.39 is 0 Å². The average molecular weight is 297 g/mol. The van der Waals surface area contributed by atoms with Gasteiger partial charge in [-0.2, -0.15) is 19.7 Å². The van der Waals surface area contributed by atoms with Gasteiger partial charge in [-0.3, -0.25) is 4.68 Å². The van der Waals surface area contributed by atoms with Crippen LogP contribution in [0.15, 0.2) is 24.8 Å². The zero-order chi connectivity index (χ0) is 15.1. The van der Waals surface area contributed by atoms with Crippen LogP contribution in [0.4, 0.5) is 5.82 Å². The fraction of sp³-hybridized carbons (Fsp3) is 0.467. The topological polar surface area (TPSA) is 64.1 Å². The third kappa shape index (κ3) is 2.32. The summed E-state index contributed by atoms with van der Waals surface area (Å²) in [6.45, 7) is 4.08. The van der Waals surface area contributed by atoms with E-state index >= 15 is 0 Å². The maximum atomic E-state index is 4.41. The standard InChI is InChI=1S/C15H19N7/c1-11-5-14(22-15(19-11)16-10-18-22)21-4-3-12(9-21)6-13-7-17-20(2)8-13/h5,7-8,10,12H,3-4,6,9H2,1-2H3. The van der Waals surface area contributed by atoms with Gasteiger partial charge in [-0.1, -0.05) is 0 Å². The Labute approximate surface area is 128 Å². The zero-order valence-electron chi connectivity index (χ0n) is 12.8. The summed E-state index contributed by atoms with van der Waals surface area (Å²) in [6.07, 6.45) is 7.90. The van der Waals surface area contributed by atoms with E-state index in [1.54, 1.807) is 6.33 Å². The van der Waals surface area contributed by atoms with E-state index in [9.17, 15) is 0 Å². The van der Waals surface area contributed by atoms with Crippen LogP contribution in [0.25, 0.3) is 5.78 Å². The predicted octanol–water partition coefficient (Wildman–Crippen LogP) is 1.24. The molecule has 0 bridgehead atoms. The Morgan fingerprint density at radius 3 is 3.05 bits per heavy atom. The van der Waals surface area contributed by atoms with Gasteiger partial charge in [0.15, 0.2) is 0 Å². The molecule has 7 heteroatoms. The molecule has 0 radical (unpaired) electrons. The van der Waals surface area contributed by atoms with Crippen molar-refractivity contribution in [1.82, 2.24) is 29.4 Å². The van der Waals surface area contributed by atoms with E-state index in [4.69, 9.17) is 0 Å². The Balaban J connectivity index is 1.55. The SMILES string of the molecule is Cc1cc(N2CCC(Cc3cnn(C)c3)C2)n2ncnc2n1. The van der Waals surface area contributed by atoms with E-state index in [1.807, 2.05) is 29.4 Å². The van der Waals surface area contributed by atoms with Crippen molar-refractivity contribution in [3.05, 3.63) is 36.0 Å². The molecule has 0 N–H and O–H groups in total. The molecule has 3 aromatic heterocycles. The summed E-state index contributed by atoms with van der Waals surface area (Å²) >= 11 is 0. The highest BCUT2D eigenvalue weighted by atomic mass is 15.4. The summed E-state index contributed by atoms with van der Waals surface area (Å²) in [6, 6.07) is 2.09. The molecule has 4 heterocycles. The van der Waals surface area contributed by atoms with E-state index in [-0.39, 0.29) is 0 Å². The minimum absolute atomic E-state index is 0.649. The third-order valence-corrected chi connectivity index (χ3v) is 4.25. The molecule has 0 aromatic carbocycles. The zero-order valence-corrected chi connectivity index (χ0v) is 12.8. The number of anilines is 1. The molecule has 4 rings (SSSR count). The van der Waals surface area contributed by atoms with Gasteiger partial charge < -0.3 is 4.90 Å². The molecule has 3 aromatic rings. The minimum Gasteiger partial charge on any atom is -0.356 e. The molecule has 1 saturated heterocycles. The Morgan fingerprint density at radius 2 is 2.23 bits per heavy atom. The van der Waals surface area contributed by atoms with Gasteiger partial charge in [0.05, 0.1) is 6.20 Å². The van der Waals surface area contributed by atoms with Gasteiger partial charge in [-0.05, 0) is 31.2 Å². The molecule has 0 amide bonds. The van der Waals surface area contributed by atoms with Gasteiger partial charge in [-0.15, -0.1) is 0 Å². The molecule has 1 unspecified atom stereocenters. The van der Waals surface area contributed by atoms with E-state index in [1.165, 1.54) is 12.0 Å². The molecule has 1 atom stereocenters. The first-order valence-electron chi connectivity index (χ1n) is 7.59. The van der Waals surface area contributed by atoms with Crippen molar-refractivity contribution >= 4 is 11.6 Å². The Morgan fingerprint density at radius 1 is 1.32 bits per heavy atom. The summed E-state index contributed by atoms with van der Waals surface area (Å²) in [5.41, 5.74) is 2.29. The largest absolute Gasteiger partial charge is 0.356 e. The molecule has 0 aliphatic carbocycles. The molecule has 7 nitrogen and oxygen atoms in total. The van der Waals surface area contributed by atoms with E-state index in [0.717, 1.165) is 31.0 Å². The van der Waals surface area contributed by atoms with Crippen molar-refractivity contribution in [2.45, 2.75) is 19.8 Å². The molecule has 22 heavy (non-hydrogen) atoms. The lowest BCUT2D eigenvalue weighted by molar-refractivity contribution is 0.585. The van der Waals surface area contributed by atoms with Gasteiger partial charge in [0, 0.05) is 38.1 Å². The second kappa shape index (κ2) is 5.08. The maximum Gasteiger partial charge on any atom is 0.254 e. The Hall–Kier alpha value is -2.44. The van der Waals surface area contributed by atoms with Crippen molar-refractivity contribution in [3.63, 3.8) is 0 Å². The van der Waals surface area contributed by atoms with E-state index in [2.05, 4.69) is 37.3 Å². The number of rotatable bonds is 3. The van der Waals surface area contributed by atoms with Gasteiger partial charge >= 0.3 is 0 Å². The van der Waals surface area contributed by atoms with Crippen LogP contribution in [0.1, 0.15) is 17.7 Å². The Kier molecular flexibility index (Phi) is 3.06. The number of hydrogen-bond donors (Lipinski definition) is 0. The highest BCUT2D eigenvalue weighted by molar-refractivity contribution is 5.48. The van der Waals surface area contributed by atoms with Crippen molar-refractivity contribution in [1.29, 1.82) is 0 Å². The van der Waals surface area contributed by atoms with Crippen LogP contribution >= 0.6 is 0 Å². The van der Waals surface area contributed by atoms with Crippen molar-refractivity contribution in [3.8, 4) is 0 Å². The molecular formula is C15H19N7. The highest BCUT2D eigenvalue weighted by Crippen LogP contribution is 2.26. The van der Waals surface area contributed by atoms with Crippen LogP contribution in [0.3, 0.4) is 0 Å². The molecule has 114 valence electrons. The molecule has 0 spiro atoms. The van der Waals surface area contributed by atoms with Crippen molar-refractivity contribution in [2.75, 3.05) is 18.0 Å². The van der Waals surface area contributed by atoms with Crippen LogP contribution in [0.5, 0.6) is 0 Å². The normalized spacial score (nSPS) is 18.5. The quantitative estimate of drug-likeness (QED) is 0.727. The molecule has 0 saturated carbocycles. The van der Waals surface area contributed by atoms with E-state index in [0.29, 0.717) is 11.7 Å². The lowest BCUT2D eigenvalue weighted by Gasteiger charge is -2.19. The fourth-order valence-corrected chi connectivity index (χ4v) is 3.25. The predicted molar refractivity (Wildman–Crippen MR) is 82.8 cm³/mol. The first-order valence-corrected chi connectivity index (χ1v) is 7.59.